The van der Waals surface area contributed by atoms with E-state index in [4.69, 9.17) is 10.5 Å². The van der Waals surface area contributed by atoms with E-state index in [0.29, 0.717) is 29.5 Å². The van der Waals surface area contributed by atoms with Crippen LogP contribution in [0.3, 0.4) is 0 Å². The number of nitriles is 1. The summed E-state index contributed by atoms with van der Waals surface area (Å²) in [4.78, 5) is 13.4. The minimum atomic E-state index is -0.307. The van der Waals surface area contributed by atoms with Crippen molar-refractivity contribution in [3.63, 3.8) is 0 Å². The molecular weight excluding hydrogens is 376 g/mol. The minimum absolute atomic E-state index is 0.210. The van der Waals surface area contributed by atoms with Crippen LogP contribution < -0.4 is 16.0 Å². The number of nitrogen functional groups attached to an aromatic ring is 1. The van der Waals surface area contributed by atoms with Crippen LogP contribution in [0, 0.1) is 11.3 Å². The maximum atomic E-state index is 13.4. The van der Waals surface area contributed by atoms with E-state index in [0.717, 1.165) is 33.5 Å². The van der Waals surface area contributed by atoms with Gasteiger partial charge in [0.15, 0.2) is 0 Å². The Morgan fingerprint density at radius 3 is 2.47 bits per heavy atom. The van der Waals surface area contributed by atoms with Crippen LogP contribution in [0.25, 0.3) is 27.6 Å². The summed E-state index contributed by atoms with van der Waals surface area (Å²) < 4.78 is 6.64. The highest BCUT2D eigenvalue weighted by atomic mass is 16.5. The van der Waals surface area contributed by atoms with Gasteiger partial charge in [-0.25, -0.2) is 0 Å². The Balaban J connectivity index is 1.87. The van der Waals surface area contributed by atoms with Gasteiger partial charge in [-0.2, -0.15) is 15.0 Å². The lowest BCUT2D eigenvalue weighted by molar-refractivity contribution is 0.415. The molecule has 2 N–H and O–H groups in total. The Morgan fingerprint density at radius 1 is 1.07 bits per heavy atom. The van der Waals surface area contributed by atoms with E-state index < -0.39 is 0 Å². The van der Waals surface area contributed by atoms with E-state index in [9.17, 15) is 10.1 Å². The van der Waals surface area contributed by atoms with Gasteiger partial charge in [0.05, 0.1) is 35.1 Å². The smallest absolute Gasteiger partial charge is 0.281 e. The number of nitrogens with zero attached hydrogens (tertiary/aromatic N) is 3. The van der Waals surface area contributed by atoms with Crippen LogP contribution in [0.15, 0.2) is 59.4 Å². The molecule has 3 aromatic carbocycles. The molecule has 0 radical (unpaired) electrons. The first-order valence-corrected chi connectivity index (χ1v) is 9.64. The molecule has 6 heteroatoms. The minimum Gasteiger partial charge on any atom is -0.497 e. The van der Waals surface area contributed by atoms with Crippen LogP contribution in [-0.4, -0.2) is 16.9 Å². The Hall–Kier alpha value is -4.11. The third-order valence-electron chi connectivity index (χ3n) is 5.66. The maximum Gasteiger partial charge on any atom is 0.281 e. The molecule has 0 unspecified atom stereocenters. The van der Waals surface area contributed by atoms with Crippen molar-refractivity contribution in [2.75, 3.05) is 12.8 Å². The third kappa shape index (κ3) is 2.49. The molecule has 0 atom stereocenters. The highest BCUT2D eigenvalue weighted by Gasteiger charge is 2.28. The van der Waals surface area contributed by atoms with Crippen molar-refractivity contribution in [2.45, 2.75) is 12.8 Å². The number of ether oxygens (including phenoxy) is 1. The van der Waals surface area contributed by atoms with Gasteiger partial charge in [-0.15, -0.1) is 0 Å². The van der Waals surface area contributed by atoms with Crippen LogP contribution in [0.4, 0.5) is 5.69 Å². The zero-order valence-electron chi connectivity index (χ0n) is 16.3. The second kappa shape index (κ2) is 6.75. The summed E-state index contributed by atoms with van der Waals surface area (Å²) in [6, 6.07) is 19.0. The van der Waals surface area contributed by atoms with Crippen molar-refractivity contribution in [3.8, 4) is 28.6 Å². The van der Waals surface area contributed by atoms with E-state index in [1.165, 1.54) is 4.68 Å². The molecule has 0 saturated carbocycles. The zero-order valence-corrected chi connectivity index (χ0v) is 16.3. The number of methoxy groups -OCH3 is 1. The van der Waals surface area contributed by atoms with Crippen LogP contribution in [0.5, 0.6) is 5.75 Å². The fraction of sp³-hybridized carbons (Fsp3) is 0.125. The normalized spacial score (nSPS) is 12.1. The van der Waals surface area contributed by atoms with E-state index in [-0.39, 0.29) is 11.2 Å². The number of aromatic nitrogens is 2. The number of benzene rings is 3. The lowest BCUT2D eigenvalue weighted by atomic mass is 9.90. The molecule has 1 aromatic heterocycles. The van der Waals surface area contributed by atoms with Gasteiger partial charge in [-0.05, 0) is 48.2 Å². The summed E-state index contributed by atoms with van der Waals surface area (Å²) in [6.45, 7) is 0. The molecule has 0 bridgehead atoms. The number of anilines is 1. The van der Waals surface area contributed by atoms with E-state index >= 15 is 0 Å². The van der Waals surface area contributed by atoms with Crippen LogP contribution >= 0.6 is 0 Å². The molecule has 0 fully saturated rings. The van der Waals surface area contributed by atoms with Crippen molar-refractivity contribution in [1.82, 2.24) is 9.78 Å². The highest BCUT2D eigenvalue weighted by Crippen LogP contribution is 2.42. The molecule has 0 spiro atoms. The molecule has 0 saturated heterocycles. The number of hydrogen-bond donors (Lipinski definition) is 1. The molecule has 4 aromatic rings. The predicted molar refractivity (Wildman–Crippen MR) is 116 cm³/mol. The highest BCUT2D eigenvalue weighted by molar-refractivity contribution is 6.05. The Labute approximate surface area is 172 Å². The maximum absolute atomic E-state index is 13.4. The average molecular weight is 394 g/mol. The van der Waals surface area contributed by atoms with Crippen LogP contribution in [-0.2, 0) is 12.8 Å². The molecule has 5 rings (SSSR count). The van der Waals surface area contributed by atoms with Gasteiger partial charge in [0.25, 0.3) is 5.56 Å². The van der Waals surface area contributed by atoms with Crippen molar-refractivity contribution in [1.29, 1.82) is 5.26 Å². The van der Waals surface area contributed by atoms with Gasteiger partial charge in [0, 0.05) is 10.9 Å². The lowest BCUT2D eigenvalue weighted by Crippen LogP contribution is -2.23. The summed E-state index contributed by atoms with van der Waals surface area (Å²) >= 11 is 0. The molecule has 146 valence electrons. The zero-order chi connectivity index (χ0) is 20.8. The molecule has 1 aliphatic carbocycles. The quantitative estimate of drug-likeness (QED) is 0.536. The van der Waals surface area contributed by atoms with E-state index in [1.54, 1.807) is 7.11 Å². The second-order valence-corrected chi connectivity index (χ2v) is 7.23. The van der Waals surface area contributed by atoms with E-state index in [1.807, 2.05) is 54.6 Å². The Kier molecular flexibility index (Phi) is 4.04. The number of aryl methyl sites for hydroxylation is 2. The molecule has 0 amide bonds. The summed E-state index contributed by atoms with van der Waals surface area (Å²) in [6.07, 6.45) is 1.39. The van der Waals surface area contributed by atoms with Gasteiger partial charge in [-0.1, -0.05) is 30.3 Å². The first-order valence-electron chi connectivity index (χ1n) is 9.64. The molecular formula is C24H18N4O2. The van der Waals surface area contributed by atoms with Crippen molar-refractivity contribution in [3.05, 3.63) is 81.8 Å². The van der Waals surface area contributed by atoms with Crippen LogP contribution in [0.2, 0.25) is 0 Å². The number of para-hydroxylation sites is 1. The molecule has 6 nitrogen and oxygen atoms in total. The summed E-state index contributed by atoms with van der Waals surface area (Å²) in [5.41, 5.74) is 10.8. The van der Waals surface area contributed by atoms with Crippen molar-refractivity contribution in [2.24, 2.45) is 0 Å². The second-order valence-electron chi connectivity index (χ2n) is 7.23. The molecule has 1 heterocycles. The SMILES string of the molecule is COc1ccc(-c2c(C#N)c(N)c3c(=O)n(-c4ccccc4)nc4c3c2CC4)cc1. The summed E-state index contributed by atoms with van der Waals surface area (Å²) in [5, 5.41) is 15.8. The van der Waals surface area contributed by atoms with Gasteiger partial charge in [-0.3, -0.25) is 4.79 Å². The lowest BCUT2D eigenvalue weighted by Gasteiger charge is -2.16. The van der Waals surface area contributed by atoms with Crippen molar-refractivity contribution < 1.29 is 4.74 Å². The topological polar surface area (TPSA) is 93.9 Å². The monoisotopic (exact) mass is 394 g/mol. The average Bonchev–Trinajstić information content (AvgIpc) is 3.20. The van der Waals surface area contributed by atoms with Gasteiger partial charge in [0.1, 0.15) is 11.8 Å². The van der Waals surface area contributed by atoms with Gasteiger partial charge < -0.3 is 10.5 Å². The first-order chi connectivity index (χ1) is 14.6. The fourth-order valence-electron chi connectivity index (χ4n) is 4.29. The first kappa shape index (κ1) is 18.0. The van der Waals surface area contributed by atoms with E-state index in [2.05, 4.69) is 11.2 Å². The Bertz CT molecular complexity index is 1400. The molecule has 30 heavy (non-hydrogen) atoms. The molecule has 0 aliphatic heterocycles. The third-order valence-corrected chi connectivity index (χ3v) is 5.66. The summed E-state index contributed by atoms with van der Waals surface area (Å²) in [7, 11) is 1.61. The fourth-order valence-corrected chi connectivity index (χ4v) is 4.29. The summed E-state index contributed by atoms with van der Waals surface area (Å²) in [5.74, 6) is 0.732. The molecule has 1 aliphatic rings. The predicted octanol–water partition coefficient (Wildman–Crippen LogP) is 3.61. The van der Waals surface area contributed by atoms with Gasteiger partial charge in [0.2, 0.25) is 0 Å². The largest absolute Gasteiger partial charge is 0.497 e. The number of hydrogen-bond acceptors (Lipinski definition) is 5. The number of rotatable bonds is 3. The van der Waals surface area contributed by atoms with Gasteiger partial charge >= 0.3 is 0 Å². The number of nitrogens with two attached hydrogens (primary N) is 1. The van der Waals surface area contributed by atoms with Crippen LogP contribution in [0.1, 0.15) is 16.8 Å². The standard InChI is InChI=1S/C24H18N4O2/c1-30-16-9-7-14(8-10-16)20-17-11-12-19-21(17)22(23(26)18(20)13-25)24(29)28(27-19)15-5-3-2-4-6-15/h2-10H,11-12,26H2,1H3. The van der Waals surface area contributed by atoms with Crippen molar-refractivity contribution >= 4 is 16.5 Å². The Morgan fingerprint density at radius 2 is 1.80 bits per heavy atom.